The minimum Gasteiger partial charge on any atom is -0.454 e. The lowest BCUT2D eigenvalue weighted by molar-refractivity contribution is 0.0135. The van der Waals surface area contributed by atoms with Crippen molar-refractivity contribution in [2.24, 2.45) is 0 Å². The molecule has 3 aromatic rings. The van der Waals surface area contributed by atoms with Crippen molar-refractivity contribution >= 4 is 15.7 Å². The fraction of sp³-hybridized carbons (Fsp3) is 0.441. The van der Waals surface area contributed by atoms with Gasteiger partial charge in [0.25, 0.3) is 5.91 Å². The molecule has 9 heteroatoms. The molecule has 0 saturated carbocycles. The molecule has 2 atom stereocenters. The number of sulfone groups is 1. The Morgan fingerprint density at radius 1 is 0.860 bits per heavy atom. The van der Waals surface area contributed by atoms with Crippen molar-refractivity contribution in [1.82, 2.24) is 14.7 Å². The number of fused-ring (bicyclic) bond motifs is 1. The van der Waals surface area contributed by atoms with E-state index in [4.69, 9.17) is 9.47 Å². The Kier molecular flexibility index (Phi) is 8.24. The predicted molar refractivity (Wildman–Crippen MR) is 165 cm³/mol. The Labute approximate surface area is 255 Å². The van der Waals surface area contributed by atoms with Gasteiger partial charge in [-0.1, -0.05) is 30.3 Å². The van der Waals surface area contributed by atoms with Gasteiger partial charge in [0.05, 0.1) is 9.79 Å². The molecule has 3 aromatic carbocycles. The fourth-order valence-electron chi connectivity index (χ4n) is 6.95. The van der Waals surface area contributed by atoms with Crippen LogP contribution in [0.2, 0.25) is 0 Å². The van der Waals surface area contributed by atoms with Gasteiger partial charge < -0.3 is 14.4 Å². The summed E-state index contributed by atoms with van der Waals surface area (Å²) >= 11 is 0. The third-order valence-corrected chi connectivity index (χ3v) is 11.3. The number of likely N-dealkylation sites (tertiary alicyclic amines) is 1. The van der Waals surface area contributed by atoms with E-state index in [1.807, 2.05) is 49.1 Å². The molecule has 3 aliphatic rings. The van der Waals surface area contributed by atoms with Crippen molar-refractivity contribution in [3.8, 4) is 11.5 Å². The van der Waals surface area contributed by atoms with Crippen LogP contribution in [0.4, 0.5) is 0 Å². The monoisotopic (exact) mass is 603 g/mol. The second-order valence-corrected chi connectivity index (χ2v) is 14.1. The summed E-state index contributed by atoms with van der Waals surface area (Å²) in [4.78, 5) is 20.9. The smallest absolute Gasteiger partial charge is 0.254 e. The molecular weight excluding hydrogens is 562 g/mol. The van der Waals surface area contributed by atoms with E-state index in [0.717, 1.165) is 67.8 Å². The average molecular weight is 604 g/mol. The van der Waals surface area contributed by atoms with Crippen molar-refractivity contribution in [2.75, 3.05) is 39.5 Å². The highest BCUT2D eigenvalue weighted by Crippen LogP contribution is 2.36. The lowest BCUT2D eigenvalue weighted by Crippen LogP contribution is -2.57. The SMILES string of the molecule is Cc1cccc(C)c1C(=O)N1CCC(N2CCN([C@@H](C)c3ccc(S(=O)(=O)c4ccc5c(c4)OCO5)cc3)[C@@H](C)C2)CC1. The number of rotatable bonds is 6. The molecule has 43 heavy (non-hydrogen) atoms. The lowest BCUT2D eigenvalue weighted by atomic mass is 9.97. The lowest BCUT2D eigenvalue weighted by Gasteiger charge is -2.47. The molecule has 0 aliphatic carbocycles. The Morgan fingerprint density at radius 3 is 2.19 bits per heavy atom. The molecule has 2 fully saturated rings. The van der Waals surface area contributed by atoms with Crippen LogP contribution in [0.1, 0.15) is 59.8 Å². The molecule has 0 bridgehead atoms. The summed E-state index contributed by atoms with van der Waals surface area (Å²) in [5.41, 5.74) is 4.05. The minimum absolute atomic E-state index is 0.104. The van der Waals surface area contributed by atoms with E-state index in [1.54, 1.807) is 24.3 Å². The highest BCUT2D eigenvalue weighted by molar-refractivity contribution is 7.91. The van der Waals surface area contributed by atoms with E-state index in [1.165, 1.54) is 6.07 Å². The minimum atomic E-state index is -3.67. The fourth-order valence-corrected chi connectivity index (χ4v) is 8.22. The van der Waals surface area contributed by atoms with Gasteiger partial charge in [0.1, 0.15) is 0 Å². The quantitative estimate of drug-likeness (QED) is 0.382. The maximum Gasteiger partial charge on any atom is 0.254 e. The van der Waals surface area contributed by atoms with E-state index in [2.05, 4.69) is 23.6 Å². The number of carbonyl (C=O) groups excluding carboxylic acids is 1. The van der Waals surface area contributed by atoms with E-state index in [9.17, 15) is 13.2 Å². The Morgan fingerprint density at radius 2 is 1.51 bits per heavy atom. The summed E-state index contributed by atoms with van der Waals surface area (Å²) in [5.74, 6) is 1.18. The molecule has 2 saturated heterocycles. The van der Waals surface area contributed by atoms with Crippen molar-refractivity contribution in [1.29, 1.82) is 0 Å². The second-order valence-electron chi connectivity index (χ2n) is 12.1. The van der Waals surface area contributed by atoms with E-state index < -0.39 is 9.84 Å². The molecule has 8 nitrogen and oxygen atoms in total. The highest BCUT2D eigenvalue weighted by atomic mass is 32.2. The van der Waals surface area contributed by atoms with Crippen LogP contribution in [0, 0.1) is 13.8 Å². The molecule has 228 valence electrons. The molecule has 3 heterocycles. The Balaban J connectivity index is 1.05. The summed E-state index contributed by atoms with van der Waals surface area (Å²) < 4.78 is 37.2. The first kappa shape index (κ1) is 29.7. The van der Waals surface area contributed by atoms with Gasteiger partial charge >= 0.3 is 0 Å². The number of aryl methyl sites for hydroxylation is 2. The largest absolute Gasteiger partial charge is 0.454 e. The summed E-state index contributed by atoms with van der Waals surface area (Å²) in [6, 6.07) is 19.1. The standard InChI is InChI=1S/C34H41N3O5S/c1-23-6-5-7-24(2)33(23)34(38)35-16-14-28(15-17-35)36-18-19-37(25(3)21-36)26(4)27-8-10-29(11-9-27)43(39,40)30-12-13-31-32(20-30)42-22-41-31/h5-13,20,25-26,28H,14-19,21-22H2,1-4H3/t25-,26-/m0/s1. The number of nitrogens with zero attached hydrogens (tertiary/aromatic N) is 3. The van der Waals surface area contributed by atoms with Crippen LogP contribution in [0.25, 0.3) is 0 Å². The summed E-state index contributed by atoms with van der Waals surface area (Å²) in [5, 5.41) is 0. The van der Waals surface area contributed by atoms with Gasteiger partial charge in [0, 0.05) is 62.5 Å². The number of carbonyl (C=O) groups is 1. The molecule has 6 rings (SSSR count). The number of piperidine rings is 1. The topological polar surface area (TPSA) is 79.4 Å². The number of ether oxygens (including phenoxy) is 2. The number of benzene rings is 3. The zero-order valence-corrected chi connectivity index (χ0v) is 26.3. The molecule has 0 unspecified atom stereocenters. The van der Waals surface area contributed by atoms with Crippen LogP contribution in [0.5, 0.6) is 11.5 Å². The van der Waals surface area contributed by atoms with Crippen molar-refractivity contribution in [3.05, 3.63) is 82.9 Å². The van der Waals surface area contributed by atoms with Crippen LogP contribution in [0.3, 0.4) is 0 Å². The number of hydrogen-bond acceptors (Lipinski definition) is 7. The Hall–Kier alpha value is -3.40. The van der Waals surface area contributed by atoms with E-state index in [-0.39, 0.29) is 28.5 Å². The first-order valence-electron chi connectivity index (χ1n) is 15.2. The van der Waals surface area contributed by atoms with Crippen molar-refractivity contribution in [3.63, 3.8) is 0 Å². The maximum absolute atomic E-state index is 13.3. The van der Waals surface area contributed by atoms with Crippen molar-refractivity contribution < 1.29 is 22.7 Å². The van der Waals surface area contributed by atoms with Gasteiger partial charge in [-0.25, -0.2) is 8.42 Å². The summed E-state index contributed by atoms with van der Waals surface area (Å²) in [7, 11) is -3.67. The van der Waals surface area contributed by atoms with Gasteiger partial charge in [-0.2, -0.15) is 0 Å². The van der Waals surface area contributed by atoms with E-state index in [0.29, 0.717) is 23.6 Å². The van der Waals surface area contributed by atoms with Crippen molar-refractivity contribution in [2.45, 2.75) is 68.5 Å². The van der Waals surface area contributed by atoms with Crippen LogP contribution in [0.15, 0.2) is 70.5 Å². The number of hydrogen-bond donors (Lipinski definition) is 0. The second kappa shape index (κ2) is 11.9. The van der Waals surface area contributed by atoms with Crippen LogP contribution in [-0.2, 0) is 9.84 Å². The molecule has 3 aliphatic heterocycles. The normalized spacial score (nSPS) is 20.7. The molecule has 1 amide bonds. The molecular formula is C34H41N3O5S. The molecule has 0 N–H and O–H groups in total. The summed E-state index contributed by atoms with van der Waals surface area (Å²) in [6.45, 7) is 13.1. The first-order chi connectivity index (χ1) is 20.6. The van der Waals surface area contributed by atoms with E-state index >= 15 is 0 Å². The van der Waals surface area contributed by atoms with Gasteiger partial charge in [0.2, 0.25) is 16.6 Å². The van der Waals surface area contributed by atoms with Crippen LogP contribution >= 0.6 is 0 Å². The van der Waals surface area contributed by atoms with Gasteiger partial charge in [-0.05, 0) is 81.5 Å². The highest BCUT2D eigenvalue weighted by Gasteiger charge is 2.34. The van der Waals surface area contributed by atoms with Gasteiger partial charge in [-0.15, -0.1) is 0 Å². The summed E-state index contributed by atoms with van der Waals surface area (Å²) in [6.07, 6.45) is 2.00. The van der Waals surface area contributed by atoms with Crippen LogP contribution < -0.4 is 9.47 Å². The third kappa shape index (κ3) is 5.78. The van der Waals surface area contributed by atoms with Gasteiger partial charge in [-0.3, -0.25) is 14.6 Å². The predicted octanol–water partition coefficient (Wildman–Crippen LogP) is 5.24. The zero-order valence-electron chi connectivity index (χ0n) is 25.5. The molecule has 0 aromatic heterocycles. The average Bonchev–Trinajstić information content (AvgIpc) is 3.49. The number of piperazine rings is 1. The Bertz CT molecular complexity index is 1580. The number of amides is 1. The van der Waals surface area contributed by atoms with Crippen LogP contribution in [-0.4, -0.2) is 80.6 Å². The third-order valence-electron chi connectivity index (χ3n) is 9.50. The zero-order chi connectivity index (χ0) is 30.3. The first-order valence-corrected chi connectivity index (χ1v) is 16.7. The van der Waals surface area contributed by atoms with Gasteiger partial charge in [0.15, 0.2) is 11.5 Å². The maximum atomic E-state index is 13.3. The molecule has 0 radical (unpaired) electrons. The molecule has 0 spiro atoms.